The van der Waals surface area contributed by atoms with Crippen molar-refractivity contribution in [1.29, 1.82) is 0 Å². The number of para-hydroxylation sites is 1. The zero-order chi connectivity index (χ0) is 14.8. The maximum absolute atomic E-state index is 10.8. The fourth-order valence-corrected chi connectivity index (χ4v) is 4.91. The second-order valence-corrected chi connectivity index (χ2v) is 7.78. The lowest BCUT2D eigenvalue weighted by atomic mass is 10.1. The molecule has 21 heavy (non-hydrogen) atoms. The molecule has 1 aliphatic rings. The number of benzene rings is 1. The molecular weight excluding hydrogens is 300 g/mol. The van der Waals surface area contributed by atoms with Crippen molar-refractivity contribution in [2.45, 2.75) is 38.2 Å². The van der Waals surface area contributed by atoms with E-state index in [-0.39, 0.29) is 6.10 Å². The topological polar surface area (TPSA) is 29.5 Å². The monoisotopic (exact) mass is 320 g/mol. The van der Waals surface area contributed by atoms with Crippen LogP contribution < -0.4 is 4.74 Å². The summed E-state index contributed by atoms with van der Waals surface area (Å²) < 4.78 is 5.83. The summed E-state index contributed by atoms with van der Waals surface area (Å²) >= 11 is 3.72. The van der Waals surface area contributed by atoms with E-state index in [1.807, 2.05) is 49.9 Å². The first-order valence-electron chi connectivity index (χ1n) is 7.28. The number of aryl methyl sites for hydroxylation is 1. The Morgan fingerprint density at radius 2 is 2.05 bits per heavy atom. The van der Waals surface area contributed by atoms with Crippen LogP contribution in [0.4, 0.5) is 0 Å². The van der Waals surface area contributed by atoms with Crippen molar-refractivity contribution in [3.8, 4) is 5.75 Å². The number of thiophene rings is 1. The highest BCUT2D eigenvalue weighted by atomic mass is 32.2. The summed E-state index contributed by atoms with van der Waals surface area (Å²) in [7, 11) is 0. The van der Waals surface area contributed by atoms with Gasteiger partial charge in [0.1, 0.15) is 11.9 Å². The maximum atomic E-state index is 10.8. The third-order valence-electron chi connectivity index (χ3n) is 3.49. The molecule has 0 aliphatic carbocycles. The summed E-state index contributed by atoms with van der Waals surface area (Å²) in [6.07, 6.45) is 0.633. The Hall–Kier alpha value is -0.970. The van der Waals surface area contributed by atoms with E-state index in [4.69, 9.17) is 4.74 Å². The highest BCUT2D eigenvalue weighted by molar-refractivity contribution is 7.98. The minimum Gasteiger partial charge on any atom is -0.491 e. The number of aliphatic hydroxyl groups excluding tert-OH is 1. The first kappa shape index (κ1) is 14.9. The van der Waals surface area contributed by atoms with Crippen molar-refractivity contribution in [2.24, 2.45) is 0 Å². The lowest BCUT2D eigenvalue weighted by Gasteiger charge is -2.17. The van der Waals surface area contributed by atoms with Crippen LogP contribution in [0, 0.1) is 0 Å². The number of rotatable bonds is 4. The van der Waals surface area contributed by atoms with Gasteiger partial charge in [-0.2, -0.15) is 11.8 Å². The van der Waals surface area contributed by atoms with Crippen LogP contribution >= 0.6 is 23.1 Å². The first-order valence-corrected chi connectivity index (χ1v) is 9.25. The molecule has 0 saturated carbocycles. The standard InChI is InChI=1S/C17H20O2S2/c1-11(2)19-14-6-4-3-5-13(14)17(18)16-9-12-10-20-8-7-15(12)21-16/h3-6,9,11,17-18H,7-8,10H2,1-2H3. The number of hydrogen-bond acceptors (Lipinski definition) is 4. The summed E-state index contributed by atoms with van der Waals surface area (Å²) in [5.74, 6) is 3.04. The van der Waals surface area contributed by atoms with Gasteiger partial charge in [0.05, 0.1) is 6.10 Å². The summed E-state index contributed by atoms with van der Waals surface area (Å²) in [5.41, 5.74) is 2.25. The smallest absolute Gasteiger partial charge is 0.125 e. The number of ether oxygens (including phenoxy) is 1. The normalized spacial score (nSPS) is 15.8. The lowest BCUT2D eigenvalue weighted by molar-refractivity contribution is 0.200. The average Bonchev–Trinajstić information content (AvgIpc) is 2.90. The quantitative estimate of drug-likeness (QED) is 0.905. The van der Waals surface area contributed by atoms with Gasteiger partial charge in [0, 0.05) is 21.1 Å². The van der Waals surface area contributed by atoms with E-state index in [9.17, 15) is 5.11 Å². The Bertz CT molecular complexity index is 596. The van der Waals surface area contributed by atoms with Gasteiger partial charge in [-0.25, -0.2) is 0 Å². The Balaban J connectivity index is 1.91. The highest BCUT2D eigenvalue weighted by Crippen LogP contribution is 2.38. The Morgan fingerprint density at radius 1 is 1.24 bits per heavy atom. The van der Waals surface area contributed by atoms with Crippen molar-refractivity contribution >= 4 is 23.1 Å². The fraction of sp³-hybridized carbons (Fsp3) is 0.412. The van der Waals surface area contributed by atoms with E-state index in [2.05, 4.69) is 6.07 Å². The molecule has 1 unspecified atom stereocenters. The molecular formula is C17H20O2S2. The van der Waals surface area contributed by atoms with Gasteiger partial charge < -0.3 is 9.84 Å². The predicted octanol–water partition coefficient (Wildman–Crippen LogP) is 4.41. The highest BCUT2D eigenvalue weighted by Gasteiger charge is 2.21. The molecule has 1 aromatic carbocycles. The van der Waals surface area contributed by atoms with Crippen LogP contribution in [0.2, 0.25) is 0 Å². The first-order chi connectivity index (χ1) is 10.1. The van der Waals surface area contributed by atoms with Gasteiger partial charge in [-0.15, -0.1) is 11.3 Å². The average molecular weight is 320 g/mol. The molecule has 1 aromatic heterocycles. The molecule has 1 N–H and O–H groups in total. The molecule has 2 nitrogen and oxygen atoms in total. The molecule has 112 valence electrons. The number of aliphatic hydroxyl groups is 1. The van der Waals surface area contributed by atoms with E-state index in [0.717, 1.165) is 28.4 Å². The fourth-order valence-electron chi connectivity index (χ4n) is 2.53. The van der Waals surface area contributed by atoms with E-state index >= 15 is 0 Å². The molecule has 4 heteroatoms. The van der Waals surface area contributed by atoms with E-state index < -0.39 is 6.10 Å². The molecule has 0 bridgehead atoms. The van der Waals surface area contributed by atoms with Crippen molar-refractivity contribution in [3.63, 3.8) is 0 Å². The number of hydrogen-bond donors (Lipinski definition) is 1. The summed E-state index contributed by atoms with van der Waals surface area (Å²) in [6, 6.07) is 9.96. The van der Waals surface area contributed by atoms with Crippen molar-refractivity contribution < 1.29 is 9.84 Å². The molecule has 3 rings (SSSR count). The minimum atomic E-state index is -0.597. The van der Waals surface area contributed by atoms with Gasteiger partial charge in [0.15, 0.2) is 0 Å². The van der Waals surface area contributed by atoms with Crippen molar-refractivity contribution in [3.05, 3.63) is 51.2 Å². The van der Waals surface area contributed by atoms with Crippen molar-refractivity contribution in [1.82, 2.24) is 0 Å². The third kappa shape index (κ3) is 3.28. The molecule has 0 saturated heterocycles. The zero-order valence-electron chi connectivity index (χ0n) is 12.3. The Labute approximate surface area is 134 Å². The van der Waals surface area contributed by atoms with Gasteiger partial charge in [0.25, 0.3) is 0 Å². The van der Waals surface area contributed by atoms with Crippen LogP contribution in [0.5, 0.6) is 5.75 Å². The van der Waals surface area contributed by atoms with Gasteiger partial charge >= 0.3 is 0 Å². The number of thioether (sulfide) groups is 1. The minimum absolute atomic E-state index is 0.103. The Kier molecular flexibility index (Phi) is 4.57. The SMILES string of the molecule is CC(C)Oc1ccccc1C(O)c1cc2c(s1)CCSC2. The molecule has 0 radical (unpaired) electrons. The second kappa shape index (κ2) is 6.42. The van der Waals surface area contributed by atoms with Gasteiger partial charge in [-0.1, -0.05) is 18.2 Å². The Morgan fingerprint density at radius 3 is 2.81 bits per heavy atom. The van der Waals surface area contributed by atoms with Crippen LogP contribution in [0.3, 0.4) is 0 Å². The molecule has 1 atom stereocenters. The van der Waals surface area contributed by atoms with Gasteiger partial charge in [-0.3, -0.25) is 0 Å². The molecule has 0 spiro atoms. The maximum Gasteiger partial charge on any atom is 0.125 e. The molecule has 0 fully saturated rings. The summed E-state index contributed by atoms with van der Waals surface area (Å²) in [5, 5.41) is 10.8. The van der Waals surface area contributed by atoms with Crippen LogP contribution in [-0.2, 0) is 12.2 Å². The molecule has 1 aliphatic heterocycles. The third-order valence-corrected chi connectivity index (χ3v) is 5.79. The number of fused-ring (bicyclic) bond motifs is 1. The molecule has 2 heterocycles. The van der Waals surface area contributed by atoms with Crippen LogP contribution in [0.15, 0.2) is 30.3 Å². The largest absolute Gasteiger partial charge is 0.491 e. The van der Waals surface area contributed by atoms with Crippen LogP contribution in [-0.4, -0.2) is 17.0 Å². The van der Waals surface area contributed by atoms with Gasteiger partial charge in [0.2, 0.25) is 0 Å². The van der Waals surface area contributed by atoms with E-state index in [1.165, 1.54) is 16.2 Å². The molecule has 2 aromatic rings. The second-order valence-electron chi connectivity index (χ2n) is 5.51. The summed E-state index contributed by atoms with van der Waals surface area (Å²) in [4.78, 5) is 2.47. The lowest BCUT2D eigenvalue weighted by Crippen LogP contribution is -2.09. The molecule has 0 amide bonds. The van der Waals surface area contributed by atoms with Crippen LogP contribution in [0.25, 0.3) is 0 Å². The van der Waals surface area contributed by atoms with Crippen LogP contribution in [0.1, 0.15) is 40.8 Å². The summed E-state index contributed by atoms with van der Waals surface area (Å²) in [6.45, 7) is 4.01. The zero-order valence-corrected chi connectivity index (χ0v) is 14.0. The van der Waals surface area contributed by atoms with E-state index in [1.54, 1.807) is 11.3 Å². The van der Waals surface area contributed by atoms with E-state index in [0.29, 0.717) is 0 Å². The van der Waals surface area contributed by atoms with Crippen molar-refractivity contribution in [2.75, 3.05) is 5.75 Å². The van der Waals surface area contributed by atoms with Gasteiger partial charge in [-0.05, 0) is 43.7 Å². The predicted molar refractivity (Wildman–Crippen MR) is 90.5 cm³/mol.